The van der Waals surface area contributed by atoms with E-state index in [1.165, 1.54) is 12.1 Å². The second-order valence-electron chi connectivity index (χ2n) is 4.57. The van der Waals surface area contributed by atoms with E-state index < -0.39 is 15.8 Å². The van der Waals surface area contributed by atoms with Gasteiger partial charge in [0.2, 0.25) is 10.0 Å². The zero-order valence-electron chi connectivity index (χ0n) is 12.3. The number of halogens is 2. The predicted octanol–water partition coefficient (Wildman–Crippen LogP) is 3.31. The molecule has 0 unspecified atom stereocenters. The summed E-state index contributed by atoms with van der Waals surface area (Å²) in [5.74, 6) is 0.127. The van der Waals surface area contributed by atoms with Gasteiger partial charge >= 0.3 is 0 Å². The highest BCUT2D eigenvalue weighted by atomic mass is 35.5. The molecule has 0 saturated heterocycles. The molecule has 1 N–H and O–H groups in total. The molecule has 0 fully saturated rings. The Labute approximate surface area is 139 Å². The molecular weight excluding hydrogens is 345 g/mol. The van der Waals surface area contributed by atoms with Crippen molar-refractivity contribution in [3.05, 3.63) is 53.3 Å². The second kappa shape index (κ2) is 7.52. The number of sulfonamides is 1. The molecule has 0 radical (unpaired) electrons. The van der Waals surface area contributed by atoms with Crippen molar-refractivity contribution in [2.75, 3.05) is 24.2 Å². The lowest BCUT2D eigenvalue weighted by atomic mass is 10.3. The van der Waals surface area contributed by atoms with Crippen LogP contribution in [0.4, 0.5) is 10.1 Å². The van der Waals surface area contributed by atoms with Crippen LogP contribution in [0.15, 0.2) is 42.5 Å². The Morgan fingerprint density at radius 3 is 2.39 bits per heavy atom. The molecule has 0 bridgehead atoms. The molecule has 124 valence electrons. The van der Waals surface area contributed by atoms with Gasteiger partial charge in [-0.05, 0) is 42.5 Å². The number of rotatable bonds is 7. The van der Waals surface area contributed by atoms with E-state index in [0.717, 1.165) is 6.07 Å². The summed E-state index contributed by atoms with van der Waals surface area (Å²) >= 11 is 5.62. The number of hydrogen-bond donors (Lipinski definition) is 1. The molecule has 0 amide bonds. The maximum Gasteiger partial charge on any atom is 0.236 e. The first kappa shape index (κ1) is 17.4. The van der Waals surface area contributed by atoms with Crippen molar-refractivity contribution < 1.29 is 22.3 Å². The molecule has 2 aromatic carbocycles. The van der Waals surface area contributed by atoms with Gasteiger partial charge in [0.15, 0.2) is 0 Å². The van der Waals surface area contributed by atoms with Crippen LogP contribution >= 0.6 is 11.6 Å². The maximum atomic E-state index is 13.6. The molecule has 0 spiro atoms. The third-order valence-corrected chi connectivity index (χ3v) is 4.35. The minimum atomic E-state index is -3.74. The van der Waals surface area contributed by atoms with Gasteiger partial charge in [0, 0.05) is 5.02 Å². The summed E-state index contributed by atoms with van der Waals surface area (Å²) in [4.78, 5) is 0. The van der Waals surface area contributed by atoms with Crippen LogP contribution in [0.1, 0.15) is 0 Å². The fourth-order valence-corrected chi connectivity index (χ4v) is 2.80. The molecule has 2 aromatic rings. The van der Waals surface area contributed by atoms with Crippen molar-refractivity contribution in [2.24, 2.45) is 0 Å². The highest BCUT2D eigenvalue weighted by Gasteiger charge is 2.14. The molecule has 2 rings (SSSR count). The summed E-state index contributed by atoms with van der Waals surface area (Å²) < 4.78 is 49.9. The van der Waals surface area contributed by atoms with E-state index in [1.807, 2.05) is 0 Å². The lowest BCUT2D eigenvalue weighted by Gasteiger charge is -2.10. The summed E-state index contributed by atoms with van der Waals surface area (Å²) in [5.41, 5.74) is -0.154. The molecule has 0 heterocycles. The van der Waals surface area contributed by atoms with Crippen LogP contribution in [0.3, 0.4) is 0 Å². The zero-order valence-corrected chi connectivity index (χ0v) is 13.8. The van der Waals surface area contributed by atoms with Crippen LogP contribution in [0.25, 0.3) is 0 Å². The normalized spacial score (nSPS) is 11.1. The average molecular weight is 360 g/mol. The predicted molar refractivity (Wildman–Crippen MR) is 87.3 cm³/mol. The molecular formula is C15H15ClFNO4S. The van der Waals surface area contributed by atoms with Crippen molar-refractivity contribution in [1.29, 1.82) is 0 Å². The Morgan fingerprint density at radius 2 is 1.78 bits per heavy atom. The summed E-state index contributed by atoms with van der Waals surface area (Å²) in [7, 11) is -2.19. The third kappa shape index (κ3) is 5.30. The van der Waals surface area contributed by atoms with E-state index in [9.17, 15) is 12.8 Å². The van der Waals surface area contributed by atoms with Crippen molar-refractivity contribution >= 4 is 27.3 Å². The fourth-order valence-electron chi connectivity index (χ4n) is 1.73. The molecule has 5 nitrogen and oxygen atoms in total. The average Bonchev–Trinajstić information content (AvgIpc) is 2.50. The standard InChI is InChI=1S/C15H15ClFNO4S/c1-21-12-3-5-13(6-4-12)22-8-9-23(19,20)18-15-7-2-11(16)10-14(15)17/h2-7,10,18H,8-9H2,1H3. The van der Waals surface area contributed by atoms with Gasteiger partial charge in [0.05, 0.1) is 12.8 Å². The number of anilines is 1. The maximum absolute atomic E-state index is 13.6. The first-order chi connectivity index (χ1) is 10.9. The topological polar surface area (TPSA) is 64.6 Å². The van der Waals surface area contributed by atoms with Crippen molar-refractivity contribution in [2.45, 2.75) is 0 Å². The molecule has 23 heavy (non-hydrogen) atoms. The molecule has 0 atom stereocenters. The lowest BCUT2D eigenvalue weighted by molar-refractivity contribution is 0.340. The monoisotopic (exact) mass is 359 g/mol. The Hall–Kier alpha value is -1.99. The van der Waals surface area contributed by atoms with Gasteiger partial charge < -0.3 is 9.47 Å². The molecule has 0 aliphatic carbocycles. The fraction of sp³-hybridized carbons (Fsp3) is 0.200. The number of ether oxygens (including phenoxy) is 2. The molecule has 0 saturated carbocycles. The van der Waals surface area contributed by atoms with E-state index >= 15 is 0 Å². The summed E-state index contributed by atoms with van der Waals surface area (Å²) in [6.07, 6.45) is 0. The number of nitrogens with one attached hydrogen (secondary N) is 1. The van der Waals surface area contributed by atoms with E-state index in [4.69, 9.17) is 21.1 Å². The van der Waals surface area contributed by atoms with Gasteiger partial charge in [-0.2, -0.15) is 0 Å². The quantitative estimate of drug-likeness (QED) is 0.823. The largest absolute Gasteiger partial charge is 0.497 e. The second-order valence-corrected chi connectivity index (χ2v) is 6.85. The minimum absolute atomic E-state index is 0.0725. The molecule has 0 aliphatic rings. The summed E-state index contributed by atoms with van der Waals surface area (Å²) in [6.45, 7) is -0.0725. The number of benzene rings is 2. The first-order valence-electron chi connectivity index (χ1n) is 6.62. The van der Waals surface area contributed by atoms with Crippen LogP contribution in [0, 0.1) is 5.82 Å². The zero-order chi connectivity index (χ0) is 16.9. The van der Waals surface area contributed by atoms with Gasteiger partial charge in [-0.15, -0.1) is 0 Å². The Bertz CT molecular complexity index is 766. The third-order valence-electron chi connectivity index (χ3n) is 2.88. The Balaban J connectivity index is 1.90. The van der Waals surface area contributed by atoms with E-state index in [-0.39, 0.29) is 23.1 Å². The highest BCUT2D eigenvalue weighted by Crippen LogP contribution is 2.20. The van der Waals surface area contributed by atoms with Crippen LogP contribution < -0.4 is 14.2 Å². The van der Waals surface area contributed by atoms with Crippen LogP contribution in [-0.4, -0.2) is 27.9 Å². The number of methoxy groups -OCH3 is 1. The van der Waals surface area contributed by atoms with Gasteiger partial charge in [0.25, 0.3) is 0 Å². The molecule has 0 aromatic heterocycles. The Kier molecular flexibility index (Phi) is 5.68. The summed E-state index contributed by atoms with van der Waals surface area (Å²) in [6, 6.07) is 10.4. The van der Waals surface area contributed by atoms with Crippen molar-refractivity contribution in [1.82, 2.24) is 0 Å². The SMILES string of the molecule is COc1ccc(OCCS(=O)(=O)Nc2ccc(Cl)cc2F)cc1. The van der Waals surface area contributed by atoms with E-state index in [1.54, 1.807) is 31.4 Å². The van der Waals surface area contributed by atoms with Crippen LogP contribution in [-0.2, 0) is 10.0 Å². The highest BCUT2D eigenvalue weighted by molar-refractivity contribution is 7.92. The molecule has 0 aliphatic heterocycles. The first-order valence-corrected chi connectivity index (χ1v) is 8.65. The van der Waals surface area contributed by atoms with Gasteiger partial charge in [0.1, 0.15) is 29.7 Å². The van der Waals surface area contributed by atoms with Crippen LogP contribution in [0.5, 0.6) is 11.5 Å². The van der Waals surface area contributed by atoms with E-state index in [2.05, 4.69) is 4.72 Å². The lowest BCUT2D eigenvalue weighted by Crippen LogP contribution is -2.21. The summed E-state index contributed by atoms with van der Waals surface area (Å²) in [5, 5.41) is 0.188. The van der Waals surface area contributed by atoms with Crippen molar-refractivity contribution in [3.63, 3.8) is 0 Å². The van der Waals surface area contributed by atoms with E-state index in [0.29, 0.717) is 11.5 Å². The minimum Gasteiger partial charge on any atom is -0.497 e. The van der Waals surface area contributed by atoms with Gasteiger partial charge in [-0.3, -0.25) is 4.72 Å². The van der Waals surface area contributed by atoms with Gasteiger partial charge in [-0.1, -0.05) is 11.6 Å². The Morgan fingerprint density at radius 1 is 1.13 bits per heavy atom. The van der Waals surface area contributed by atoms with Gasteiger partial charge in [-0.25, -0.2) is 12.8 Å². The van der Waals surface area contributed by atoms with Crippen LogP contribution in [0.2, 0.25) is 5.02 Å². The van der Waals surface area contributed by atoms with Crippen molar-refractivity contribution in [3.8, 4) is 11.5 Å². The smallest absolute Gasteiger partial charge is 0.236 e. The molecule has 8 heteroatoms. The number of hydrogen-bond acceptors (Lipinski definition) is 4.